The van der Waals surface area contributed by atoms with Crippen LogP contribution in [0.5, 0.6) is 0 Å². The van der Waals surface area contributed by atoms with Gasteiger partial charge in [-0.05, 0) is 47.5 Å². The molecule has 0 bridgehead atoms. The molecular formula is C14H15BrN4O. The first-order chi connectivity index (χ1) is 9.60. The fourth-order valence-corrected chi connectivity index (χ4v) is 2.22. The predicted octanol–water partition coefficient (Wildman–Crippen LogP) is 3.23. The maximum Gasteiger partial charge on any atom is 0.275 e. The molecule has 1 amide bonds. The highest BCUT2D eigenvalue weighted by atomic mass is 79.9. The monoisotopic (exact) mass is 334 g/mol. The van der Waals surface area contributed by atoms with Crippen molar-refractivity contribution < 1.29 is 4.79 Å². The number of anilines is 2. The predicted molar refractivity (Wildman–Crippen MR) is 83.0 cm³/mol. The number of rotatable bonds is 4. The highest BCUT2D eigenvalue weighted by Gasteiger charge is 2.10. The fraction of sp³-hybridized carbons (Fsp3) is 0.214. The molecule has 0 aliphatic heterocycles. The van der Waals surface area contributed by atoms with E-state index < -0.39 is 0 Å². The van der Waals surface area contributed by atoms with E-state index in [2.05, 4.69) is 36.5 Å². The van der Waals surface area contributed by atoms with Crippen LogP contribution >= 0.6 is 15.9 Å². The van der Waals surface area contributed by atoms with Crippen molar-refractivity contribution in [2.45, 2.75) is 13.8 Å². The topological polar surface area (TPSA) is 66.9 Å². The van der Waals surface area contributed by atoms with Crippen LogP contribution in [-0.4, -0.2) is 22.4 Å². The van der Waals surface area contributed by atoms with Crippen molar-refractivity contribution in [2.75, 3.05) is 17.2 Å². The molecule has 0 aliphatic carbocycles. The lowest BCUT2D eigenvalue weighted by atomic mass is 10.2. The van der Waals surface area contributed by atoms with Gasteiger partial charge in [0, 0.05) is 11.0 Å². The zero-order valence-corrected chi connectivity index (χ0v) is 12.9. The second-order valence-electron chi connectivity index (χ2n) is 4.25. The molecule has 2 aromatic rings. The minimum atomic E-state index is -0.287. The molecule has 20 heavy (non-hydrogen) atoms. The van der Waals surface area contributed by atoms with Gasteiger partial charge in [-0.2, -0.15) is 0 Å². The summed E-state index contributed by atoms with van der Waals surface area (Å²) < 4.78 is 0.836. The number of nitrogens with zero attached hydrogens (tertiary/aromatic N) is 2. The van der Waals surface area contributed by atoms with Crippen molar-refractivity contribution >= 4 is 33.3 Å². The van der Waals surface area contributed by atoms with Crippen LogP contribution in [0.4, 0.5) is 11.5 Å². The molecule has 2 rings (SSSR count). The summed E-state index contributed by atoms with van der Waals surface area (Å²) in [7, 11) is 0. The van der Waals surface area contributed by atoms with Gasteiger partial charge >= 0.3 is 0 Å². The Morgan fingerprint density at radius 1 is 1.30 bits per heavy atom. The number of aromatic nitrogens is 2. The normalized spacial score (nSPS) is 10.2. The number of aryl methyl sites for hydroxylation is 1. The molecule has 0 fully saturated rings. The highest BCUT2D eigenvalue weighted by molar-refractivity contribution is 9.10. The van der Waals surface area contributed by atoms with Crippen LogP contribution in [-0.2, 0) is 0 Å². The number of carbonyl (C=O) groups excluding carboxylic acids is 1. The van der Waals surface area contributed by atoms with Gasteiger partial charge in [0.2, 0.25) is 0 Å². The molecule has 0 saturated carbocycles. The Bertz CT molecular complexity index is 613. The number of benzene rings is 1. The molecule has 2 N–H and O–H groups in total. The summed E-state index contributed by atoms with van der Waals surface area (Å²) in [4.78, 5) is 20.3. The van der Waals surface area contributed by atoms with Crippen LogP contribution in [0, 0.1) is 6.92 Å². The average molecular weight is 335 g/mol. The third kappa shape index (κ3) is 3.54. The van der Waals surface area contributed by atoms with Crippen LogP contribution < -0.4 is 10.6 Å². The zero-order valence-electron chi connectivity index (χ0n) is 11.3. The van der Waals surface area contributed by atoms with E-state index in [1.807, 2.05) is 32.0 Å². The first-order valence-electron chi connectivity index (χ1n) is 6.23. The van der Waals surface area contributed by atoms with Crippen molar-refractivity contribution in [2.24, 2.45) is 0 Å². The summed E-state index contributed by atoms with van der Waals surface area (Å²) in [6, 6.07) is 5.72. The molecule has 0 radical (unpaired) electrons. The van der Waals surface area contributed by atoms with Gasteiger partial charge < -0.3 is 10.6 Å². The van der Waals surface area contributed by atoms with E-state index >= 15 is 0 Å². The van der Waals surface area contributed by atoms with Gasteiger partial charge in [-0.3, -0.25) is 4.79 Å². The van der Waals surface area contributed by atoms with E-state index in [1.165, 1.54) is 6.20 Å². The van der Waals surface area contributed by atoms with Crippen molar-refractivity contribution in [3.8, 4) is 0 Å². The average Bonchev–Trinajstić information content (AvgIpc) is 2.43. The first-order valence-corrected chi connectivity index (χ1v) is 7.03. The van der Waals surface area contributed by atoms with E-state index in [0.717, 1.165) is 16.6 Å². The number of carbonyl (C=O) groups is 1. The van der Waals surface area contributed by atoms with Gasteiger partial charge in [0.1, 0.15) is 11.5 Å². The summed E-state index contributed by atoms with van der Waals surface area (Å²) in [5.74, 6) is 0.366. The van der Waals surface area contributed by atoms with Crippen LogP contribution in [0.25, 0.3) is 0 Å². The maximum atomic E-state index is 12.1. The zero-order chi connectivity index (χ0) is 14.5. The fourth-order valence-electron chi connectivity index (χ4n) is 1.63. The van der Waals surface area contributed by atoms with E-state index in [0.29, 0.717) is 11.5 Å². The van der Waals surface area contributed by atoms with Gasteiger partial charge in [-0.15, -0.1) is 0 Å². The Labute approximate surface area is 126 Å². The lowest BCUT2D eigenvalue weighted by Crippen LogP contribution is -2.15. The Morgan fingerprint density at radius 3 is 2.70 bits per heavy atom. The van der Waals surface area contributed by atoms with Crippen LogP contribution in [0.15, 0.2) is 35.1 Å². The number of halogens is 1. The molecule has 104 valence electrons. The molecule has 0 aliphatic rings. The van der Waals surface area contributed by atoms with E-state index in [4.69, 9.17) is 0 Å². The maximum absolute atomic E-state index is 12.1. The summed E-state index contributed by atoms with van der Waals surface area (Å²) in [5, 5.41) is 5.82. The van der Waals surface area contributed by atoms with E-state index in [9.17, 15) is 4.79 Å². The summed E-state index contributed by atoms with van der Waals surface area (Å²) >= 11 is 3.42. The van der Waals surface area contributed by atoms with Crippen molar-refractivity contribution in [1.82, 2.24) is 9.97 Å². The lowest BCUT2D eigenvalue weighted by molar-refractivity contribution is 0.102. The van der Waals surface area contributed by atoms with Crippen LogP contribution in [0.3, 0.4) is 0 Å². The van der Waals surface area contributed by atoms with Crippen molar-refractivity contribution in [1.29, 1.82) is 0 Å². The molecule has 1 aromatic carbocycles. The molecule has 6 heteroatoms. The number of hydrogen-bond acceptors (Lipinski definition) is 4. The van der Waals surface area contributed by atoms with Crippen molar-refractivity contribution in [3.05, 3.63) is 46.3 Å². The van der Waals surface area contributed by atoms with Gasteiger partial charge in [-0.25, -0.2) is 9.97 Å². The van der Waals surface area contributed by atoms with Gasteiger partial charge in [-0.1, -0.05) is 6.07 Å². The molecule has 0 unspecified atom stereocenters. The molecule has 0 atom stereocenters. The minimum Gasteiger partial charge on any atom is -0.369 e. The number of nitrogens with one attached hydrogen (secondary N) is 2. The molecule has 5 nitrogen and oxygen atoms in total. The first kappa shape index (κ1) is 14.5. The van der Waals surface area contributed by atoms with E-state index in [1.54, 1.807) is 6.20 Å². The van der Waals surface area contributed by atoms with Gasteiger partial charge in [0.05, 0.1) is 18.1 Å². The molecule has 1 heterocycles. The van der Waals surface area contributed by atoms with Gasteiger partial charge in [0.15, 0.2) is 0 Å². The minimum absolute atomic E-state index is 0.277. The lowest BCUT2D eigenvalue weighted by Gasteiger charge is -2.08. The molecular weight excluding hydrogens is 320 g/mol. The van der Waals surface area contributed by atoms with Crippen LogP contribution in [0.1, 0.15) is 23.0 Å². The third-order valence-electron chi connectivity index (χ3n) is 2.62. The Balaban J connectivity index is 2.11. The number of amides is 1. The summed E-state index contributed by atoms with van der Waals surface area (Å²) in [6.45, 7) is 4.72. The van der Waals surface area contributed by atoms with Gasteiger partial charge in [0.25, 0.3) is 5.91 Å². The Morgan fingerprint density at radius 2 is 2.10 bits per heavy atom. The van der Waals surface area contributed by atoms with Crippen molar-refractivity contribution in [3.63, 3.8) is 0 Å². The highest BCUT2D eigenvalue weighted by Crippen LogP contribution is 2.23. The standard InChI is InChI=1S/C14H15BrN4O/c1-3-16-13-8-17-12(7-18-13)14(20)19-11-5-4-9(2)6-10(11)15/h4-8H,3H2,1-2H3,(H,16,18)(H,19,20). The second-order valence-corrected chi connectivity index (χ2v) is 5.11. The second kappa shape index (κ2) is 6.47. The van der Waals surface area contributed by atoms with Crippen LogP contribution in [0.2, 0.25) is 0 Å². The summed E-state index contributed by atoms with van der Waals surface area (Å²) in [5.41, 5.74) is 2.10. The number of hydrogen-bond donors (Lipinski definition) is 2. The summed E-state index contributed by atoms with van der Waals surface area (Å²) in [6.07, 6.45) is 3.00. The Hall–Kier alpha value is -1.95. The SMILES string of the molecule is CCNc1cnc(C(=O)Nc2ccc(C)cc2Br)cn1. The molecule has 1 aromatic heterocycles. The largest absolute Gasteiger partial charge is 0.369 e. The third-order valence-corrected chi connectivity index (χ3v) is 3.27. The molecule has 0 saturated heterocycles. The van der Waals surface area contributed by atoms with E-state index in [-0.39, 0.29) is 11.6 Å². The Kier molecular flexibility index (Phi) is 4.68. The quantitative estimate of drug-likeness (QED) is 0.900. The smallest absolute Gasteiger partial charge is 0.275 e. The molecule has 0 spiro atoms.